The molecule has 3 aromatic rings. The summed E-state index contributed by atoms with van der Waals surface area (Å²) in [6.45, 7) is 0. The van der Waals surface area contributed by atoms with Crippen molar-refractivity contribution in [3.8, 4) is 11.3 Å². The smallest absolute Gasteiger partial charge is 0.184 e. The topological polar surface area (TPSA) is 82.7 Å². The molecule has 0 radical (unpaired) electrons. The molecule has 1 aliphatic rings. The third kappa shape index (κ3) is 2.93. The fourth-order valence-electron chi connectivity index (χ4n) is 2.79. The van der Waals surface area contributed by atoms with Crippen LogP contribution < -0.4 is 16.3 Å². The molecule has 0 aliphatic carbocycles. The molecule has 3 heterocycles. The number of rotatable bonds is 3. The van der Waals surface area contributed by atoms with Crippen LogP contribution in [0.1, 0.15) is 5.56 Å². The second-order valence-electron chi connectivity index (χ2n) is 5.82. The summed E-state index contributed by atoms with van der Waals surface area (Å²) in [6, 6.07) is 11.2. The molecule has 9 heteroatoms. The van der Waals surface area contributed by atoms with Gasteiger partial charge in [-0.05, 0) is 30.3 Å². The van der Waals surface area contributed by atoms with Gasteiger partial charge < -0.3 is 5.73 Å². The number of pyridine rings is 2. The molecule has 0 bridgehead atoms. The fourth-order valence-corrected chi connectivity index (χ4v) is 2.79. The quantitative estimate of drug-likeness (QED) is 0.740. The average Bonchev–Trinajstić information content (AvgIpc) is 3.06. The summed E-state index contributed by atoms with van der Waals surface area (Å²) in [5, 5.41) is 7.00. The number of hydrazone groups is 1. The van der Waals surface area contributed by atoms with E-state index in [4.69, 9.17) is 5.73 Å². The molecule has 136 valence electrons. The predicted octanol–water partition coefficient (Wildman–Crippen LogP) is 2.54. The number of hydrogen-bond acceptors (Lipinski definition) is 7. The van der Waals surface area contributed by atoms with Gasteiger partial charge in [0.25, 0.3) is 0 Å². The van der Waals surface area contributed by atoms with Crippen molar-refractivity contribution in [2.45, 2.75) is 0 Å². The number of nitrogens with one attached hydrogen (secondary N) is 1. The van der Waals surface area contributed by atoms with Crippen LogP contribution in [0.2, 0.25) is 0 Å². The van der Waals surface area contributed by atoms with Crippen molar-refractivity contribution >= 4 is 17.3 Å². The average molecular weight is 367 g/mol. The Labute approximate surface area is 153 Å². The van der Waals surface area contributed by atoms with Crippen LogP contribution in [0, 0.1) is 11.6 Å². The zero-order chi connectivity index (χ0) is 19.0. The third-order valence-corrected chi connectivity index (χ3v) is 4.08. The van der Waals surface area contributed by atoms with Crippen LogP contribution in [0.4, 0.5) is 20.3 Å². The minimum atomic E-state index is -0.992. The summed E-state index contributed by atoms with van der Waals surface area (Å²) >= 11 is 0. The van der Waals surface area contributed by atoms with Gasteiger partial charge in [-0.3, -0.25) is 4.98 Å². The van der Waals surface area contributed by atoms with Gasteiger partial charge in [0.05, 0.1) is 11.3 Å². The van der Waals surface area contributed by atoms with Crippen molar-refractivity contribution in [3.63, 3.8) is 0 Å². The monoisotopic (exact) mass is 367 g/mol. The summed E-state index contributed by atoms with van der Waals surface area (Å²) in [6.07, 6.45) is 3.27. The van der Waals surface area contributed by atoms with E-state index in [9.17, 15) is 8.78 Å². The maximum Gasteiger partial charge on any atom is 0.184 e. The lowest BCUT2D eigenvalue weighted by molar-refractivity contribution is 0.275. The molecule has 0 atom stereocenters. The molecule has 0 saturated heterocycles. The number of benzene rings is 1. The van der Waals surface area contributed by atoms with Gasteiger partial charge in [-0.2, -0.15) is 0 Å². The van der Waals surface area contributed by atoms with Gasteiger partial charge in [0.15, 0.2) is 17.5 Å². The van der Waals surface area contributed by atoms with Gasteiger partial charge in [-0.15, -0.1) is 10.2 Å². The molecular formula is C18H15F2N7. The Bertz CT molecular complexity index is 1020. The highest BCUT2D eigenvalue weighted by Crippen LogP contribution is 2.29. The number of hydrazine groups is 2. The van der Waals surface area contributed by atoms with Crippen LogP contribution in [-0.4, -0.2) is 28.0 Å². The maximum atomic E-state index is 14.4. The molecule has 7 nitrogen and oxygen atoms in total. The van der Waals surface area contributed by atoms with E-state index in [1.165, 1.54) is 22.3 Å². The Morgan fingerprint density at radius 3 is 2.70 bits per heavy atom. The summed E-state index contributed by atoms with van der Waals surface area (Å²) in [5.41, 5.74) is 10.6. The lowest BCUT2D eigenvalue weighted by Gasteiger charge is -2.26. The largest absolute Gasteiger partial charge is 0.383 e. The van der Waals surface area contributed by atoms with Gasteiger partial charge in [-0.25, -0.2) is 24.3 Å². The minimum Gasteiger partial charge on any atom is -0.383 e. The van der Waals surface area contributed by atoms with E-state index in [-0.39, 0.29) is 17.3 Å². The molecule has 1 aliphatic heterocycles. The Morgan fingerprint density at radius 1 is 1.07 bits per heavy atom. The van der Waals surface area contributed by atoms with Crippen molar-refractivity contribution in [3.05, 3.63) is 72.1 Å². The predicted molar refractivity (Wildman–Crippen MR) is 98.2 cm³/mol. The molecule has 4 rings (SSSR count). The van der Waals surface area contributed by atoms with Crippen molar-refractivity contribution in [1.82, 2.24) is 20.6 Å². The number of anilines is 2. The lowest BCUT2D eigenvalue weighted by Crippen LogP contribution is -2.44. The SMILES string of the molecule is CN1NN=C(c2cc(-c3ccccn3)cnc2N)N1c1cccc(F)c1F. The molecule has 0 unspecified atom stereocenters. The molecule has 0 saturated carbocycles. The molecule has 0 fully saturated rings. The van der Waals surface area contributed by atoms with Crippen LogP contribution in [0.5, 0.6) is 0 Å². The second-order valence-corrected chi connectivity index (χ2v) is 5.82. The second kappa shape index (κ2) is 6.61. The molecule has 3 N–H and O–H groups in total. The summed E-state index contributed by atoms with van der Waals surface area (Å²) in [4.78, 5) is 8.50. The van der Waals surface area contributed by atoms with Crippen molar-refractivity contribution in [2.24, 2.45) is 5.10 Å². The number of nitrogen functional groups attached to an aromatic ring is 1. The van der Waals surface area contributed by atoms with Gasteiger partial charge >= 0.3 is 0 Å². The van der Waals surface area contributed by atoms with E-state index >= 15 is 0 Å². The van der Waals surface area contributed by atoms with E-state index in [2.05, 4.69) is 20.6 Å². The molecule has 2 aromatic heterocycles. The van der Waals surface area contributed by atoms with E-state index in [0.29, 0.717) is 11.3 Å². The molecular weight excluding hydrogens is 352 g/mol. The summed E-state index contributed by atoms with van der Waals surface area (Å²) in [5.74, 6) is -1.47. The van der Waals surface area contributed by atoms with E-state index in [1.54, 1.807) is 25.5 Å². The molecule has 27 heavy (non-hydrogen) atoms. The normalized spacial score (nSPS) is 14.2. The van der Waals surface area contributed by atoms with Gasteiger partial charge in [0.2, 0.25) is 0 Å². The Hall–Kier alpha value is -3.59. The van der Waals surface area contributed by atoms with Gasteiger partial charge in [-0.1, -0.05) is 12.1 Å². The van der Waals surface area contributed by atoms with Crippen LogP contribution >= 0.6 is 0 Å². The molecule has 0 amide bonds. The summed E-state index contributed by atoms with van der Waals surface area (Å²) < 4.78 is 28.1. The molecule has 0 spiro atoms. The van der Waals surface area contributed by atoms with Crippen LogP contribution in [0.15, 0.2) is 60.0 Å². The molecule has 1 aromatic carbocycles. The van der Waals surface area contributed by atoms with Crippen molar-refractivity contribution < 1.29 is 8.78 Å². The standard InChI is InChI=1S/C18H15F2N7/c1-26-25-24-18(27(26)15-7-4-5-13(19)16(15)20)12-9-11(10-23-17(12)21)14-6-2-3-8-22-14/h2-10,25H,1H3,(H2,21,23). The highest BCUT2D eigenvalue weighted by Gasteiger charge is 2.30. The number of amidine groups is 1. The number of nitrogens with zero attached hydrogens (tertiary/aromatic N) is 5. The first-order valence-electron chi connectivity index (χ1n) is 8.04. The first-order chi connectivity index (χ1) is 13.1. The van der Waals surface area contributed by atoms with E-state index in [1.807, 2.05) is 18.2 Å². The van der Waals surface area contributed by atoms with Gasteiger partial charge in [0.1, 0.15) is 11.5 Å². The van der Waals surface area contributed by atoms with Gasteiger partial charge in [0, 0.05) is 25.0 Å². The Morgan fingerprint density at radius 2 is 1.93 bits per heavy atom. The fraction of sp³-hybridized carbons (Fsp3) is 0.0556. The number of hydrogen-bond donors (Lipinski definition) is 2. The minimum absolute atomic E-state index is 0.0103. The van der Waals surface area contributed by atoms with Crippen LogP contribution in [0.3, 0.4) is 0 Å². The summed E-state index contributed by atoms with van der Waals surface area (Å²) in [7, 11) is 1.62. The Kier molecular flexibility index (Phi) is 4.13. The number of halogens is 2. The highest BCUT2D eigenvalue weighted by molar-refractivity contribution is 6.13. The van der Waals surface area contributed by atoms with Crippen LogP contribution in [-0.2, 0) is 0 Å². The van der Waals surface area contributed by atoms with Crippen LogP contribution in [0.25, 0.3) is 11.3 Å². The highest BCUT2D eigenvalue weighted by atomic mass is 19.2. The van der Waals surface area contributed by atoms with E-state index < -0.39 is 11.6 Å². The first kappa shape index (κ1) is 16.9. The number of nitrogens with two attached hydrogens (primary N) is 1. The maximum absolute atomic E-state index is 14.4. The Balaban J connectivity index is 1.81. The van der Waals surface area contributed by atoms with Crippen molar-refractivity contribution in [2.75, 3.05) is 17.8 Å². The zero-order valence-electron chi connectivity index (χ0n) is 14.3. The first-order valence-corrected chi connectivity index (χ1v) is 8.04. The van der Waals surface area contributed by atoms with E-state index in [0.717, 1.165) is 11.6 Å². The zero-order valence-corrected chi connectivity index (χ0v) is 14.3. The lowest BCUT2D eigenvalue weighted by atomic mass is 10.1. The third-order valence-electron chi connectivity index (χ3n) is 4.08. The van der Waals surface area contributed by atoms with Crippen molar-refractivity contribution in [1.29, 1.82) is 0 Å². The number of aromatic nitrogens is 2.